The van der Waals surface area contributed by atoms with Crippen molar-refractivity contribution in [1.29, 1.82) is 0 Å². The van der Waals surface area contributed by atoms with Gasteiger partial charge in [-0.05, 0) is 47.0 Å². The first-order valence-electron chi connectivity index (χ1n) is 10.3. The molecule has 0 radical (unpaired) electrons. The molecular weight excluding hydrogens is 385 g/mol. The lowest BCUT2D eigenvalue weighted by atomic mass is 10.0. The van der Waals surface area contributed by atoms with Gasteiger partial charge in [-0.15, -0.1) is 0 Å². The predicted octanol–water partition coefficient (Wildman–Crippen LogP) is 2.87. The Morgan fingerprint density at radius 1 is 1.11 bits per heavy atom. The van der Waals surface area contributed by atoms with E-state index in [0.29, 0.717) is 13.0 Å². The molecule has 3 N–H and O–H groups in total. The molecule has 8 nitrogen and oxygen atoms in total. The van der Waals surface area contributed by atoms with Crippen molar-refractivity contribution < 1.29 is 32.7 Å². The first-order chi connectivity index (χ1) is 13.0. The molecule has 1 aliphatic carbocycles. The first-order valence-corrected chi connectivity index (χ1v) is 11.8. The van der Waals surface area contributed by atoms with E-state index in [2.05, 4.69) is 0 Å². The minimum Gasteiger partial charge on any atom is -0.378 e. The van der Waals surface area contributed by atoms with Crippen LogP contribution in [0.25, 0.3) is 0 Å². The molecule has 8 atom stereocenters. The fourth-order valence-electron chi connectivity index (χ4n) is 3.94. The van der Waals surface area contributed by atoms with E-state index in [4.69, 9.17) is 29.0 Å². The van der Waals surface area contributed by atoms with Gasteiger partial charge in [0.05, 0.1) is 43.7 Å². The number of nitrogens with two attached hydrogens (primary N) is 1. The first kappa shape index (κ1) is 24.2. The Morgan fingerprint density at radius 2 is 1.79 bits per heavy atom. The van der Waals surface area contributed by atoms with Crippen LogP contribution >= 0.6 is 7.82 Å². The number of phosphoric ester groups is 1. The second kappa shape index (κ2) is 10.3. The van der Waals surface area contributed by atoms with Crippen molar-refractivity contribution in [1.82, 2.24) is 0 Å². The van der Waals surface area contributed by atoms with Crippen LogP contribution in [0.4, 0.5) is 0 Å². The Bertz CT molecular complexity index is 532. The molecule has 1 aliphatic heterocycles. The highest BCUT2D eigenvalue weighted by molar-refractivity contribution is 7.47. The highest BCUT2D eigenvalue weighted by Gasteiger charge is 2.44. The summed E-state index contributed by atoms with van der Waals surface area (Å²) in [4.78, 5) is 10.3. The summed E-state index contributed by atoms with van der Waals surface area (Å²) in [6.45, 7) is 12.1. The molecule has 0 amide bonds. The Hall–Kier alpha value is -0.0500. The summed E-state index contributed by atoms with van der Waals surface area (Å²) in [5, 5.41) is 0. The minimum atomic E-state index is -4.26. The number of hydrogen-bond donors (Lipinski definition) is 2. The van der Waals surface area contributed by atoms with Crippen LogP contribution in [0.3, 0.4) is 0 Å². The molecule has 1 heterocycles. The lowest BCUT2D eigenvalue weighted by Crippen LogP contribution is -2.37. The fourth-order valence-corrected chi connectivity index (χ4v) is 4.92. The van der Waals surface area contributed by atoms with E-state index >= 15 is 0 Å². The van der Waals surface area contributed by atoms with E-state index in [1.54, 1.807) is 0 Å². The number of phosphoric acid groups is 1. The van der Waals surface area contributed by atoms with Gasteiger partial charge in [-0.3, -0.25) is 9.05 Å². The molecule has 1 saturated heterocycles. The van der Waals surface area contributed by atoms with Gasteiger partial charge in [0.2, 0.25) is 0 Å². The van der Waals surface area contributed by atoms with Crippen LogP contribution in [0.15, 0.2) is 0 Å². The number of hydrogen-bond acceptors (Lipinski definition) is 7. The van der Waals surface area contributed by atoms with E-state index in [0.717, 1.165) is 6.42 Å². The fraction of sp³-hybridized carbons (Fsp3) is 1.00. The van der Waals surface area contributed by atoms with Crippen LogP contribution < -0.4 is 5.73 Å². The topological polar surface area (TPSA) is 109 Å². The maximum absolute atomic E-state index is 12.6. The van der Waals surface area contributed by atoms with Crippen molar-refractivity contribution in [3.63, 3.8) is 0 Å². The van der Waals surface area contributed by atoms with Crippen LogP contribution in [0.2, 0.25) is 0 Å². The largest absolute Gasteiger partial charge is 0.472 e. The highest BCUT2D eigenvalue weighted by Crippen LogP contribution is 2.49. The van der Waals surface area contributed by atoms with E-state index < -0.39 is 20.0 Å². The van der Waals surface area contributed by atoms with E-state index in [1.807, 2.05) is 41.5 Å². The summed E-state index contributed by atoms with van der Waals surface area (Å²) >= 11 is 0. The summed E-state index contributed by atoms with van der Waals surface area (Å²) in [6.07, 6.45) is 0.396. The minimum absolute atomic E-state index is 0.0163. The molecule has 0 aromatic heterocycles. The van der Waals surface area contributed by atoms with Crippen molar-refractivity contribution in [2.24, 2.45) is 17.6 Å². The van der Waals surface area contributed by atoms with Gasteiger partial charge in [0, 0.05) is 18.4 Å². The SMILES string of the molecule is CC(C)OC[C@H]1C(N)[C@@H](C)C[C@H]1OP(=O)(O)OC[C@H]1O[C@@H](C)C[C@H]1OC(C)C. The molecule has 2 unspecified atom stereocenters. The quantitative estimate of drug-likeness (QED) is 0.516. The predicted molar refractivity (Wildman–Crippen MR) is 106 cm³/mol. The molecular formula is C19H38NO7P. The zero-order valence-electron chi connectivity index (χ0n) is 17.9. The molecule has 0 aromatic carbocycles. The van der Waals surface area contributed by atoms with Crippen molar-refractivity contribution in [2.75, 3.05) is 13.2 Å². The Morgan fingerprint density at radius 3 is 2.39 bits per heavy atom. The molecule has 1 saturated carbocycles. The van der Waals surface area contributed by atoms with Crippen molar-refractivity contribution >= 4 is 7.82 Å². The molecule has 2 aliphatic rings. The van der Waals surface area contributed by atoms with Gasteiger partial charge in [-0.2, -0.15) is 0 Å². The maximum Gasteiger partial charge on any atom is 0.472 e. The average Bonchev–Trinajstić information content (AvgIpc) is 3.02. The normalized spacial score (nSPS) is 38.4. The van der Waals surface area contributed by atoms with Gasteiger partial charge >= 0.3 is 7.82 Å². The second-order valence-electron chi connectivity index (χ2n) is 8.69. The molecule has 9 heteroatoms. The van der Waals surface area contributed by atoms with Crippen molar-refractivity contribution in [3.8, 4) is 0 Å². The van der Waals surface area contributed by atoms with Gasteiger partial charge in [0.25, 0.3) is 0 Å². The van der Waals surface area contributed by atoms with Crippen LogP contribution in [-0.4, -0.2) is 60.8 Å². The van der Waals surface area contributed by atoms with Crippen molar-refractivity contribution in [2.45, 2.75) is 97.0 Å². The second-order valence-corrected chi connectivity index (χ2v) is 10.1. The van der Waals surface area contributed by atoms with Crippen LogP contribution in [0, 0.1) is 11.8 Å². The lowest BCUT2D eigenvalue weighted by molar-refractivity contribution is -0.0649. The van der Waals surface area contributed by atoms with E-state index in [1.165, 1.54) is 0 Å². The summed E-state index contributed by atoms with van der Waals surface area (Å²) in [7, 11) is -4.26. The third-order valence-electron chi connectivity index (χ3n) is 5.36. The molecule has 2 fully saturated rings. The van der Waals surface area contributed by atoms with Crippen molar-refractivity contribution in [3.05, 3.63) is 0 Å². The highest BCUT2D eigenvalue weighted by atomic mass is 31.2. The molecule has 0 bridgehead atoms. The van der Waals surface area contributed by atoms with Crippen LogP contribution in [-0.2, 0) is 27.8 Å². The Kier molecular flexibility index (Phi) is 8.92. The zero-order valence-corrected chi connectivity index (χ0v) is 18.8. The Labute approximate surface area is 169 Å². The molecule has 28 heavy (non-hydrogen) atoms. The van der Waals surface area contributed by atoms with Gasteiger partial charge in [0.1, 0.15) is 6.10 Å². The average molecular weight is 423 g/mol. The maximum atomic E-state index is 12.6. The zero-order chi connectivity index (χ0) is 21.1. The van der Waals surface area contributed by atoms with Gasteiger partial charge < -0.3 is 24.8 Å². The van der Waals surface area contributed by atoms with E-state index in [-0.39, 0.29) is 48.9 Å². The smallest absolute Gasteiger partial charge is 0.378 e. The molecule has 0 aromatic rings. The number of ether oxygens (including phenoxy) is 3. The van der Waals surface area contributed by atoms with Crippen LogP contribution in [0.1, 0.15) is 54.4 Å². The molecule has 166 valence electrons. The Balaban J connectivity index is 1.91. The van der Waals surface area contributed by atoms with Gasteiger partial charge in [-0.25, -0.2) is 4.57 Å². The summed E-state index contributed by atoms with van der Waals surface area (Å²) < 4.78 is 40.7. The molecule has 2 rings (SSSR count). The van der Waals surface area contributed by atoms with E-state index in [9.17, 15) is 9.46 Å². The monoisotopic (exact) mass is 423 g/mol. The third-order valence-corrected chi connectivity index (χ3v) is 6.37. The molecule has 0 spiro atoms. The third kappa shape index (κ3) is 7.03. The van der Waals surface area contributed by atoms with Gasteiger partial charge in [-0.1, -0.05) is 6.92 Å². The van der Waals surface area contributed by atoms with Crippen LogP contribution in [0.5, 0.6) is 0 Å². The summed E-state index contributed by atoms with van der Waals surface area (Å²) in [5.41, 5.74) is 6.26. The van der Waals surface area contributed by atoms with Gasteiger partial charge in [0.15, 0.2) is 0 Å². The lowest BCUT2D eigenvalue weighted by Gasteiger charge is -2.26. The standard InChI is InChI=1S/C19H38NO7P/c1-11(2)23-9-15-16(7-13(5)19(15)20)27-28(21,22)24-10-18-17(25-12(3)4)8-14(6)26-18/h11-19H,7-10,20H2,1-6H3,(H,21,22)/t13-,14-,15+,16+,17+,18+,19?/m0/s1. The summed E-state index contributed by atoms with van der Waals surface area (Å²) in [6, 6.07) is -0.147. The summed E-state index contributed by atoms with van der Waals surface area (Å²) in [5.74, 6) is 0.0230. The number of rotatable bonds is 10.